The highest BCUT2D eigenvalue weighted by Gasteiger charge is 2.62. The minimum atomic E-state index is -4.80. The molecule has 0 N–H and O–H groups in total. The molecule has 0 fully saturated rings. The topological polar surface area (TPSA) is 58.3 Å². The van der Waals surface area contributed by atoms with Crippen molar-refractivity contribution < 1.29 is 18.0 Å². The number of hydrogen-bond donors (Lipinski definition) is 0. The summed E-state index contributed by atoms with van der Waals surface area (Å²) in [5.41, 5.74) is -2.83. The van der Waals surface area contributed by atoms with Crippen LogP contribution < -0.4 is 0 Å². The zero-order valence-corrected chi connectivity index (χ0v) is 14.9. The molecule has 1 aromatic heterocycles. The van der Waals surface area contributed by atoms with Gasteiger partial charge in [-0.2, -0.15) is 18.4 Å². The van der Waals surface area contributed by atoms with Crippen LogP contribution in [0.4, 0.5) is 13.2 Å². The first-order valence-corrected chi connectivity index (χ1v) is 8.14. The lowest BCUT2D eigenvalue weighted by molar-refractivity contribution is -0.275. The first kappa shape index (κ1) is 18.8. The summed E-state index contributed by atoms with van der Waals surface area (Å²) in [7, 11) is 0. The van der Waals surface area contributed by atoms with Gasteiger partial charge in [0.05, 0.1) is 17.7 Å². The van der Waals surface area contributed by atoms with Crippen LogP contribution in [-0.4, -0.2) is 16.9 Å². The summed E-state index contributed by atoms with van der Waals surface area (Å²) >= 11 is 17.4. The van der Waals surface area contributed by atoms with Gasteiger partial charge in [0, 0.05) is 27.4 Å². The highest BCUT2D eigenvalue weighted by atomic mass is 35.5. The third kappa shape index (κ3) is 3.20. The third-order valence-corrected chi connectivity index (χ3v) is 4.55. The molecule has 0 radical (unpaired) electrons. The van der Waals surface area contributed by atoms with E-state index in [0.717, 1.165) is 12.1 Å². The van der Waals surface area contributed by atoms with Gasteiger partial charge in [-0.3, -0.25) is 0 Å². The quantitative estimate of drug-likeness (QED) is 0.603. The summed E-state index contributed by atoms with van der Waals surface area (Å²) in [6, 6.07) is 6.68. The Morgan fingerprint density at radius 1 is 1.12 bits per heavy atom. The normalized spacial score (nSPS) is 19.7. The van der Waals surface area contributed by atoms with Crippen molar-refractivity contribution in [3.63, 3.8) is 0 Å². The monoisotopic (exact) mass is 419 g/mol. The molecule has 0 saturated carbocycles. The van der Waals surface area contributed by atoms with Crippen LogP contribution in [0.15, 0.2) is 35.6 Å². The van der Waals surface area contributed by atoms with Gasteiger partial charge in [0.1, 0.15) is 11.2 Å². The number of nitrogens with zero attached hydrogens (tertiary/aromatic N) is 3. The number of halogens is 6. The van der Waals surface area contributed by atoms with Crippen molar-refractivity contribution in [3.05, 3.63) is 62.4 Å². The number of alkyl halides is 3. The van der Waals surface area contributed by atoms with E-state index in [0.29, 0.717) is 0 Å². The molecule has 4 nitrogen and oxygen atoms in total. The molecule has 0 spiro atoms. The van der Waals surface area contributed by atoms with E-state index < -0.39 is 18.2 Å². The number of pyridine rings is 1. The molecule has 0 saturated heterocycles. The van der Waals surface area contributed by atoms with E-state index in [2.05, 4.69) is 10.1 Å². The molecule has 0 bridgehead atoms. The smallest absolute Gasteiger partial charge is 0.374 e. The summed E-state index contributed by atoms with van der Waals surface area (Å²) in [5.74, 6) is 0. The van der Waals surface area contributed by atoms with Gasteiger partial charge in [0.25, 0.3) is 5.60 Å². The van der Waals surface area contributed by atoms with E-state index in [1.807, 2.05) is 6.07 Å². The van der Waals surface area contributed by atoms with Gasteiger partial charge in [0.2, 0.25) is 0 Å². The lowest BCUT2D eigenvalue weighted by atomic mass is 9.86. The van der Waals surface area contributed by atoms with E-state index in [1.54, 1.807) is 0 Å². The van der Waals surface area contributed by atoms with Crippen LogP contribution in [0, 0.1) is 11.3 Å². The summed E-state index contributed by atoms with van der Waals surface area (Å²) in [5, 5.41) is 12.6. The summed E-state index contributed by atoms with van der Waals surface area (Å²) in [4.78, 5) is 8.66. The van der Waals surface area contributed by atoms with Gasteiger partial charge < -0.3 is 4.84 Å². The van der Waals surface area contributed by atoms with Gasteiger partial charge in [-0.25, -0.2) is 4.98 Å². The van der Waals surface area contributed by atoms with Crippen molar-refractivity contribution in [2.75, 3.05) is 0 Å². The molecular formula is C16H7Cl3F3N3O. The van der Waals surface area contributed by atoms with Crippen LogP contribution in [-0.2, 0) is 10.4 Å². The van der Waals surface area contributed by atoms with Crippen LogP contribution >= 0.6 is 34.8 Å². The predicted molar refractivity (Wildman–Crippen MR) is 90.4 cm³/mol. The summed E-state index contributed by atoms with van der Waals surface area (Å²) in [6.45, 7) is 0. The molecule has 3 rings (SSSR count). The van der Waals surface area contributed by atoms with Crippen LogP contribution in [0.2, 0.25) is 15.2 Å². The average Bonchev–Trinajstić information content (AvgIpc) is 3.01. The zero-order chi connectivity index (χ0) is 19.1. The number of benzene rings is 1. The molecule has 26 heavy (non-hydrogen) atoms. The fraction of sp³-hybridized carbons (Fsp3) is 0.188. The molecule has 0 amide bonds. The molecule has 1 aliphatic rings. The molecule has 2 heterocycles. The first-order chi connectivity index (χ1) is 12.2. The van der Waals surface area contributed by atoms with Crippen molar-refractivity contribution in [1.29, 1.82) is 5.26 Å². The second-order valence-electron chi connectivity index (χ2n) is 5.46. The Labute approximate surface area is 160 Å². The maximum atomic E-state index is 13.9. The zero-order valence-electron chi connectivity index (χ0n) is 12.6. The Balaban J connectivity index is 2.05. The summed E-state index contributed by atoms with van der Waals surface area (Å²) in [6.07, 6.45) is -4.21. The Morgan fingerprint density at radius 2 is 1.77 bits per heavy atom. The summed E-state index contributed by atoms with van der Waals surface area (Å²) < 4.78 is 41.7. The van der Waals surface area contributed by atoms with Crippen LogP contribution in [0.3, 0.4) is 0 Å². The minimum absolute atomic E-state index is 0.0159. The standard InChI is InChI=1S/C16H7Cl3F3N3O/c17-11-2-10(3-12(18)4-11)15(16(20,21)22)5-13(25-26-15)9-1-8(6-23)14(19)24-7-9/h1-4,7H,5H2. The minimum Gasteiger partial charge on any atom is -0.374 e. The number of aromatic nitrogens is 1. The van der Waals surface area contributed by atoms with Crippen molar-refractivity contribution in [1.82, 2.24) is 4.98 Å². The lowest BCUT2D eigenvalue weighted by Crippen LogP contribution is -2.42. The fourth-order valence-electron chi connectivity index (χ4n) is 2.53. The highest BCUT2D eigenvalue weighted by molar-refractivity contribution is 6.34. The molecule has 1 aliphatic heterocycles. The van der Waals surface area contributed by atoms with Gasteiger partial charge in [0.15, 0.2) is 0 Å². The van der Waals surface area contributed by atoms with Crippen LogP contribution in [0.1, 0.15) is 23.1 Å². The fourth-order valence-corrected chi connectivity index (χ4v) is 3.20. The number of oxime groups is 1. The SMILES string of the molecule is N#Cc1cc(C2=NOC(c3cc(Cl)cc(Cl)c3)(C(F)(F)F)C2)cnc1Cl. The Hall–Kier alpha value is -2.01. The molecule has 2 aromatic rings. The van der Waals surface area contributed by atoms with Crippen LogP contribution in [0.25, 0.3) is 0 Å². The van der Waals surface area contributed by atoms with Crippen molar-refractivity contribution in [3.8, 4) is 6.07 Å². The second-order valence-corrected chi connectivity index (χ2v) is 6.69. The van der Waals surface area contributed by atoms with Crippen LogP contribution in [0.5, 0.6) is 0 Å². The van der Waals surface area contributed by atoms with Crippen molar-refractivity contribution in [2.45, 2.75) is 18.2 Å². The van der Waals surface area contributed by atoms with E-state index >= 15 is 0 Å². The molecule has 134 valence electrons. The molecule has 1 aromatic carbocycles. The molecule has 10 heteroatoms. The predicted octanol–water partition coefficient (Wildman–Crippen LogP) is 5.50. The Morgan fingerprint density at radius 3 is 2.35 bits per heavy atom. The van der Waals surface area contributed by atoms with Crippen molar-refractivity contribution in [2.24, 2.45) is 5.16 Å². The Kier molecular flexibility index (Phi) is 4.78. The van der Waals surface area contributed by atoms with Crippen molar-refractivity contribution >= 4 is 40.5 Å². The van der Waals surface area contributed by atoms with Gasteiger partial charge >= 0.3 is 6.18 Å². The van der Waals surface area contributed by atoms with Gasteiger partial charge in [-0.15, -0.1) is 0 Å². The maximum Gasteiger partial charge on any atom is 0.435 e. The number of hydrogen-bond acceptors (Lipinski definition) is 4. The first-order valence-electron chi connectivity index (χ1n) is 7.00. The molecule has 1 atom stereocenters. The number of nitriles is 1. The van der Waals surface area contributed by atoms with E-state index in [1.165, 1.54) is 18.3 Å². The van der Waals surface area contributed by atoms with Gasteiger partial charge in [-0.05, 0) is 24.3 Å². The number of rotatable bonds is 2. The van der Waals surface area contributed by atoms with E-state index in [9.17, 15) is 13.2 Å². The Bertz CT molecular complexity index is 936. The lowest BCUT2D eigenvalue weighted by Gasteiger charge is -2.29. The van der Waals surface area contributed by atoms with Gasteiger partial charge in [-0.1, -0.05) is 40.0 Å². The van der Waals surface area contributed by atoms with E-state index in [-0.39, 0.29) is 37.6 Å². The third-order valence-electron chi connectivity index (χ3n) is 3.81. The maximum absolute atomic E-state index is 13.9. The highest BCUT2D eigenvalue weighted by Crippen LogP contribution is 2.49. The molecule has 0 aliphatic carbocycles. The van der Waals surface area contributed by atoms with E-state index in [4.69, 9.17) is 44.9 Å². The molecule has 1 unspecified atom stereocenters. The average molecular weight is 421 g/mol. The molecular weight excluding hydrogens is 414 g/mol. The second kappa shape index (κ2) is 6.62. The largest absolute Gasteiger partial charge is 0.435 e.